The Labute approximate surface area is 115 Å². The monoisotopic (exact) mass is 266 g/mol. The molecule has 19 heavy (non-hydrogen) atoms. The molecule has 1 aliphatic heterocycles. The number of carbonyl (C=O) groups excluding carboxylic acids is 1. The maximum atomic E-state index is 12.4. The molecule has 4 nitrogen and oxygen atoms in total. The number of morpholine rings is 1. The Morgan fingerprint density at radius 1 is 1.37 bits per heavy atom. The van der Waals surface area contributed by atoms with Crippen molar-refractivity contribution in [1.29, 1.82) is 0 Å². The Balaban J connectivity index is 1.70. The Morgan fingerprint density at radius 2 is 2.16 bits per heavy atom. The van der Waals surface area contributed by atoms with Crippen molar-refractivity contribution in [3.05, 3.63) is 0 Å². The highest BCUT2D eigenvalue weighted by atomic mass is 16.5. The largest absolute Gasteiger partial charge is 0.366 e. The molecule has 4 heteroatoms. The number of rotatable bonds is 2. The number of fused-ring (bicyclic) bond motifs is 2. The quantitative estimate of drug-likeness (QED) is 0.792. The highest BCUT2D eigenvalue weighted by Crippen LogP contribution is 2.62. The number of amides is 1. The van der Waals surface area contributed by atoms with E-state index in [-0.39, 0.29) is 28.9 Å². The van der Waals surface area contributed by atoms with Crippen molar-refractivity contribution in [3.8, 4) is 0 Å². The molecule has 0 aromatic heterocycles. The molecule has 2 bridgehead atoms. The lowest BCUT2D eigenvalue weighted by molar-refractivity contribution is -0.137. The molecule has 0 spiro atoms. The van der Waals surface area contributed by atoms with E-state index < -0.39 is 0 Å². The smallest absolute Gasteiger partial charge is 0.250 e. The predicted molar refractivity (Wildman–Crippen MR) is 73.8 cm³/mol. The van der Waals surface area contributed by atoms with E-state index in [4.69, 9.17) is 4.74 Å². The molecule has 1 saturated heterocycles. The van der Waals surface area contributed by atoms with E-state index >= 15 is 0 Å². The van der Waals surface area contributed by atoms with Crippen LogP contribution in [0.2, 0.25) is 0 Å². The van der Waals surface area contributed by atoms with Gasteiger partial charge in [-0.15, -0.1) is 0 Å². The summed E-state index contributed by atoms with van der Waals surface area (Å²) < 4.78 is 5.56. The molecule has 3 rings (SSSR count). The molecule has 0 radical (unpaired) electrons. The third kappa shape index (κ3) is 2.09. The third-order valence-electron chi connectivity index (χ3n) is 5.78. The average Bonchev–Trinajstić information content (AvgIpc) is 2.87. The van der Waals surface area contributed by atoms with E-state index in [0.29, 0.717) is 13.2 Å². The molecule has 3 aliphatic rings. The molecule has 1 amide bonds. The number of nitrogens with one attached hydrogen (secondary N) is 2. The predicted octanol–water partition coefficient (Wildman–Crippen LogP) is 1.31. The average molecular weight is 266 g/mol. The van der Waals surface area contributed by atoms with Gasteiger partial charge in [0.2, 0.25) is 0 Å². The van der Waals surface area contributed by atoms with Crippen molar-refractivity contribution in [2.45, 2.75) is 52.2 Å². The number of hydrogen-bond acceptors (Lipinski definition) is 3. The van der Waals surface area contributed by atoms with Crippen molar-refractivity contribution in [1.82, 2.24) is 10.6 Å². The van der Waals surface area contributed by atoms with Gasteiger partial charge in [-0.1, -0.05) is 20.8 Å². The molecule has 2 saturated carbocycles. The zero-order chi connectivity index (χ0) is 13.7. The van der Waals surface area contributed by atoms with Crippen LogP contribution in [0.25, 0.3) is 0 Å². The van der Waals surface area contributed by atoms with Crippen molar-refractivity contribution in [2.24, 2.45) is 16.7 Å². The SMILES string of the molecule is CC12CCC(C1)C(C)(C)C2NC(=O)C1CNCCO1. The Kier molecular flexibility index (Phi) is 3.13. The van der Waals surface area contributed by atoms with Gasteiger partial charge in [-0.2, -0.15) is 0 Å². The van der Waals surface area contributed by atoms with E-state index in [1.165, 1.54) is 19.3 Å². The molecule has 0 aromatic rings. The molecule has 1 heterocycles. The van der Waals surface area contributed by atoms with Gasteiger partial charge in [-0.25, -0.2) is 0 Å². The second-order valence-electron chi connectivity index (χ2n) is 7.42. The van der Waals surface area contributed by atoms with Crippen LogP contribution in [-0.4, -0.2) is 37.7 Å². The lowest BCUT2D eigenvalue weighted by Crippen LogP contribution is -2.57. The van der Waals surface area contributed by atoms with E-state index in [0.717, 1.165) is 12.5 Å². The molecular weight excluding hydrogens is 240 g/mol. The van der Waals surface area contributed by atoms with Gasteiger partial charge in [0.15, 0.2) is 0 Å². The maximum absolute atomic E-state index is 12.4. The minimum Gasteiger partial charge on any atom is -0.366 e. The summed E-state index contributed by atoms with van der Waals surface area (Å²) in [6, 6.07) is 0.289. The van der Waals surface area contributed by atoms with E-state index in [9.17, 15) is 4.79 Å². The first kappa shape index (κ1) is 13.4. The Bertz CT molecular complexity index is 372. The molecule has 4 atom stereocenters. The van der Waals surface area contributed by atoms with Crippen LogP contribution in [0.3, 0.4) is 0 Å². The van der Waals surface area contributed by atoms with Crippen LogP contribution in [0, 0.1) is 16.7 Å². The highest BCUT2D eigenvalue weighted by Gasteiger charge is 2.59. The van der Waals surface area contributed by atoms with Gasteiger partial charge >= 0.3 is 0 Å². The van der Waals surface area contributed by atoms with Gasteiger partial charge in [0.25, 0.3) is 5.91 Å². The van der Waals surface area contributed by atoms with E-state index in [1.807, 2.05) is 0 Å². The number of ether oxygens (including phenoxy) is 1. The first-order valence-electron chi connectivity index (χ1n) is 7.56. The zero-order valence-corrected chi connectivity index (χ0v) is 12.3. The molecule has 3 fully saturated rings. The zero-order valence-electron chi connectivity index (χ0n) is 12.3. The van der Waals surface area contributed by atoms with Gasteiger partial charge in [-0.3, -0.25) is 4.79 Å². The summed E-state index contributed by atoms with van der Waals surface area (Å²) in [6.07, 6.45) is 3.51. The number of hydrogen-bond donors (Lipinski definition) is 2. The molecule has 2 aliphatic carbocycles. The summed E-state index contributed by atoms with van der Waals surface area (Å²) in [7, 11) is 0. The molecule has 2 N–H and O–H groups in total. The first-order chi connectivity index (χ1) is 8.93. The van der Waals surface area contributed by atoms with Crippen LogP contribution >= 0.6 is 0 Å². The molecule has 4 unspecified atom stereocenters. The summed E-state index contributed by atoms with van der Waals surface area (Å²) in [5.41, 5.74) is 0.497. The maximum Gasteiger partial charge on any atom is 0.250 e. The van der Waals surface area contributed by atoms with Crippen molar-refractivity contribution in [2.75, 3.05) is 19.7 Å². The van der Waals surface area contributed by atoms with Crippen LogP contribution in [0.5, 0.6) is 0 Å². The fourth-order valence-corrected chi connectivity index (χ4v) is 4.63. The first-order valence-corrected chi connectivity index (χ1v) is 7.56. The van der Waals surface area contributed by atoms with E-state index in [1.54, 1.807) is 0 Å². The second kappa shape index (κ2) is 4.45. The minimum atomic E-state index is -0.313. The van der Waals surface area contributed by atoms with Crippen molar-refractivity contribution in [3.63, 3.8) is 0 Å². The normalized spacial score (nSPS) is 44.3. The van der Waals surface area contributed by atoms with Gasteiger partial charge in [0, 0.05) is 19.1 Å². The standard InChI is InChI=1S/C15H26N2O2/c1-14(2)10-4-5-15(3,8-10)13(14)17-12(18)11-9-16-6-7-19-11/h10-11,13,16H,4-9H2,1-3H3,(H,17,18). The summed E-state index contributed by atoms with van der Waals surface area (Å²) in [5.74, 6) is 0.826. The molecular formula is C15H26N2O2. The second-order valence-corrected chi connectivity index (χ2v) is 7.42. The summed E-state index contributed by atoms with van der Waals surface area (Å²) in [5, 5.41) is 6.53. The van der Waals surface area contributed by atoms with Crippen LogP contribution in [0.1, 0.15) is 40.0 Å². The fourth-order valence-electron chi connectivity index (χ4n) is 4.63. The third-order valence-corrected chi connectivity index (χ3v) is 5.78. The van der Waals surface area contributed by atoms with Crippen molar-refractivity contribution >= 4 is 5.91 Å². The van der Waals surface area contributed by atoms with Crippen LogP contribution in [0.4, 0.5) is 0 Å². The van der Waals surface area contributed by atoms with Gasteiger partial charge in [-0.05, 0) is 36.0 Å². The van der Waals surface area contributed by atoms with Gasteiger partial charge in [0.1, 0.15) is 6.10 Å². The van der Waals surface area contributed by atoms with E-state index in [2.05, 4.69) is 31.4 Å². The minimum absolute atomic E-state index is 0.0686. The summed E-state index contributed by atoms with van der Waals surface area (Å²) in [6.45, 7) is 9.08. The van der Waals surface area contributed by atoms with Gasteiger partial charge < -0.3 is 15.4 Å². The summed E-state index contributed by atoms with van der Waals surface area (Å²) in [4.78, 5) is 12.4. The highest BCUT2D eigenvalue weighted by molar-refractivity contribution is 5.81. The molecule has 108 valence electrons. The van der Waals surface area contributed by atoms with Crippen LogP contribution < -0.4 is 10.6 Å². The summed E-state index contributed by atoms with van der Waals surface area (Å²) >= 11 is 0. The topological polar surface area (TPSA) is 50.4 Å². The van der Waals surface area contributed by atoms with Gasteiger partial charge in [0.05, 0.1) is 6.61 Å². The van der Waals surface area contributed by atoms with Crippen molar-refractivity contribution < 1.29 is 9.53 Å². The Hall–Kier alpha value is -0.610. The van der Waals surface area contributed by atoms with Crippen LogP contribution in [-0.2, 0) is 9.53 Å². The lowest BCUT2D eigenvalue weighted by atomic mass is 9.68. The molecule has 0 aromatic carbocycles. The van der Waals surface area contributed by atoms with Crippen LogP contribution in [0.15, 0.2) is 0 Å². The fraction of sp³-hybridized carbons (Fsp3) is 0.933. The lowest BCUT2D eigenvalue weighted by Gasteiger charge is -2.43. The Morgan fingerprint density at radius 3 is 2.74 bits per heavy atom. The number of carbonyl (C=O) groups is 1.